The number of aromatic nitrogens is 2. The molecule has 0 aliphatic carbocycles. The fourth-order valence-electron chi connectivity index (χ4n) is 1.30. The van der Waals surface area contributed by atoms with E-state index in [1.807, 2.05) is 24.3 Å². The number of imidazole rings is 1. The summed E-state index contributed by atoms with van der Waals surface area (Å²) in [6.45, 7) is 3.67. The maximum absolute atomic E-state index is 11.5. The van der Waals surface area contributed by atoms with Crippen molar-refractivity contribution in [1.29, 1.82) is 0 Å². The molecular formula is C11H10N2O2. The first-order chi connectivity index (χ1) is 7.33. The molecule has 1 aromatic heterocycles. The molecule has 0 N–H and O–H groups in total. The van der Waals surface area contributed by atoms with E-state index in [0.717, 1.165) is 11.0 Å². The fourth-order valence-corrected chi connectivity index (χ4v) is 1.30. The molecule has 4 nitrogen and oxygen atoms in total. The van der Waals surface area contributed by atoms with Crippen molar-refractivity contribution in [2.75, 3.05) is 6.61 Å². The van der Waals surface area contributed by atoms with Gasteiger partial charge in [-0.05, 0) is 12.1 Å². The SMILES string of the molecule is C=CCOC(=O)n1cnc2ccccc21. The Balaban J connectivity index is 2.35. The summed E-state index contributed by atoms with van der Waals surface area (Å²) in [4.78, 5) is 15.6. The topological polar surface area (TPSA) is 44.1 Å². The summed E-state index contributed by atoms with van der Waals surface area (Å²) in [5.74, 6) is 0. The lowest BCUT2D eigenvalue weighted by molar-refractivity contribution is 0.161. The highest BCUT2D eigenvalue weighted by Gasteiger charge is 2.09. The van der Waals surface area contributed by atoms with Crippen LogP contribution in [0.4, 0.5) is 4.79 Å². The third-order valence-corrected chi connectivity index (χ3v) is 1.97. The van der Waals surface area contributed by atoms with Crippen molar-refractivity contribution in [2.24, 2.45) is 0 Å². The zero-order chi connectivity index (χ0) is 10.7. The first-order valence-corrected chi connectivity index (χ1v) is 4.53. The highest BCUT2D eigenvalue weighted by molar-refractivity contribution is 5.86. The van der Waals surface area contributed by atoms with E-state index in [0.29, 0.717) is 0 Å². The summed E-state index contributed by atoms with van der Waals surface area (Å²) in [5.41, 5.74) is 1.51. The lowest BCUT2D eigenvalue weighted by atomic mass is 10.3. The van der Waals surface area contributed by atoms with Gasteiger partial charge in [-0.15, -0.1) is 0 Å². The second-order valence-electron chi connectivity index (χ2n) is 2.97. The van der Waals surface area contributed by atoms with E-state index in [4.69, 9.17) is 4.74 Å². The second kappa shape index (κ2) is 3.96. The van der Waals surface area contributed by atoms with Crippen LogP contribution in [0.5, 0.6) is 0 Å². The standard InChI is InChI=1S/C11H10N2O2/c1-2-7-15-11(14)13-8-12-9-5-3-4-6-10(9)13/h2-6,8H,1,7H2. The van der Waals surface area contributed by atoms with Crippen molar-refractivity contribution in [2.45, 2.75) is 0 Å². The molecule has 0 saturated carbocycles. The minimum atomic E-state index is -0.441. The van der Waals surface area contributed by atoms with Gasteiger partial charge in [-0.25, -0.2) is 14.3 Å². The first kappa shape index (κ1) is 9.45. The molecule has 1 heterocycles. The van der Waals surface area contributed by atoms with E-state index in [9.17, 15) is 4.79 Å². The van der Waals surface area contributed by atoms with Crippen molar-refractivity contribution >= 4 is 17.1 Å². The van der Waals surface area contributed by atoms with Crippen LogP contribution in [-0.4, -0.2) is 22.3 Å². The summed E-state index contributed by atoms with van der Waals surface area (Å²) >= 11 is 0. The van der Waals surface area contributed by atoms with Crippen LogP contribution in [0.1, 0.15) is 0 Å². The number of hydrogen-bond donors (Lipinski definition) is 0. The molecule has 2 rings (SSSR count). The molecule has 15 heavy (non-hydrogen) atoms. The molecule has 0 atom stereocenters. The molecule has 76 valence electrons. The molecule has 0 aliphatic rings. The highest BCUT2D eigenvalue weighted by Crippen LogP contribution is 2.11. The molecule has 0 spiro atoms. The Labute approximate surface area is 86.8 Å². The fraction of sp³-hybridized carbons (Fsp3) is 0.0909. The van der Waals surface area contributed by atoms with Gasteiger partial charge in [-0.3, -0.25) is 0 Å². The Morgan fingerprint density at radius 1 is 1.53 bits per heavy atom. The molecule has 0 amide bonds. The molecule has 0 aliphatic heterocycles. The van der Waals surface area contributed by atoms with Gasteiger partial charge in [0.25, 0.3) is 0 Å². The lowest BCUT2D eigenvalue weighted by Crippen LogP contribution is -2.12. The van der Waals surface area contributed by atoms with Gasteiger partial charge in [0.2, 0.25) is 0 Å². The number of ether oxygens (including phenoxy) is 1. The van der Waals surface area contributed by atoms with Gasteiger partial charge in [0, 0.05) is 0 Å². The normalized spacial score (nSPS) is 10.1. The molecule has 4 heteroatoms. The predicted molar refractivity (Wildman–Crippen MR) is 56.7 cm³/mol. The smallest absolute Gasteiger partial charge is 0.420 e. The number of fused-ring (bicyclic) bond motifs is 1. The van der Waals surface area contributed by atoms with E-state index >= 15 is 0 Å². The summed E-state index contributed by atoms with van der Waals surface area (Å²) in [5, 5.41) is 0. The van der Waals surface area contributed by atoms with Crippen LogP contribution in [0.15, 0.2) is 43.2 Å². The summed E-state index contributed by atoms with van der Waals surface area (Å²) in [6, 6.07) is 7.38. The van der Waals surface area contributed by atoms with Gasteiger partial charge in [0.15, 0.2) is 0 Å². The van der Waals surface area contributed by atoms with Gasteiger partial charge >= 0.3 is 6.09 Å². The van der Waals surface area contributed by atoms with Gasteiger partial charge in [-0.2, -0.15) is 0 Å². The third-order valence-electron chi connectivity index (χ3n) is 1.97. The Kier molecular flexibility index (Phi) is 2.49. The molecule has 0 fully saturated rings. The van der Waals surface area contributed by atoms with Crippen LogP contribution in [0.2, 0.25) is 0 Å². The van der Waals surface area contributed by atoms with Gasteiger partial charge in [-0.1, -0.05) is 24.8 Å². The Morgan fingerprint density at radius 2 is 2.33 bits per heavy atom. The van der Waals surface area contributed by atoms with Crippen LogP contribution in [-0.2, 0) is 4.74 Å². The van der Waals surface area contributed by atoms with Crippen molar-refractivity contribution < 1.29 is 9.53 Å². The summed E-state index contributed by atoms with van der Waals surface area (Å²) in [6.07, 6.45) is 2.54. The number of benzene rings is 1. The highest BCUT2D eigenvalue weighted by atomic mass is 16.5. The Hall–Kier alpha value is -2.10. The second-order valence-corrected chi connectivity index (χ2v) is 2.97. The van der Waals surface area contributed by atoms with Crippen LogP contribution >= 0.6 is 0 Å². The quantitative estimate of drug-likeness (QED) is 0.701. The van der Waals surface area contributed by atoms with Crippen LogP contribution < -0.4 is 0 Å². The van der Waals surface area contributed by atoms with E-state index in [1.54, 1.807) is 0 Å². The van der Waals surface area contributed by atoms with Crippen molar-refractivity contribution in [3.8, 4) is 0 Å². The number of para-hydroxylation sites is 2. The Morgan fingerprint density at radius 3 is 3.13 bits per heavy atom. The van der Waals surface area contributed by atoms with Crippen molar-refractivity contribution in [1.82, 2.24) is 9.55 Å². The number of carbonyl (C=O) groups is 1. The van der Waals surface area contributed by atoms with E-state index in [-0.39, 0.29) is 6.61 Å². The average molecular weight is 202 g/mol. The molecule has 1 aromatic carbocycles. The van der Waals surface area contributed by atoms with E-state index < -0.39 is 6.09 Å². The minimum Gasteiger partial charge on any atom is -0.445 e. The monoisotopic (exact) mass is 202 g/mol. The van der Waals surface area contributed by atoms with Crippen LogP contribution in [0, 0.1) is 0 Å². The minimum absolute atomic E-state index is 0.200. The van der Waals surface area contributed by atoms with Gasteiger partial charge in [0.05, 0.1) is 11.0 Å². The van der Waals surface area contributed by atoms with E-state index in [1.165, 1.54) is 17.0 Å². The van der Waals surface area contributed by atoms with Crippen molar-refractivity contribution in [3.05, 3.63) is 43.2 Å². The molecule has 2 aromatic rings. The van der Waals surface area contributed by atoms with Crippen LogP contribution in [0.25, 0.3) is 11.0 Å². The molecular weight excluding hydrogens is 192 g/mol. The summed E-state index contributed by atoms with van der Waals surface area (Å²) in [7, 11) is 0. The maximum atomic E-state index is 11.5. The van der Waals surface area contributed by atoms with Gasteiger partial charge < -0.3 is 4.74 Å². The molecule has 0 radical (unpaired) electrons. The first-order valence-electron chi connectivity index (χ1n) is 4.53. The number of nitrogens with zero attached hydrogens (tertiary/aromatic N) is 2. The lowest BCUT2D eigenvalue weighted by Gasteiger charge is -2.02. The Bertz CT molecular complexity index is 502. The predicted octanol–water partition coefficient (Wildman–Crippen LogP) is 2.21. The number of carbonyl (C=O) groups excluding carboxylic acids is 1. The van der Waals surface area contributed by atoms with Crippen LogP contribution in [0.3, 0.4) is 0 Å². The molecule has 0 bridgehead atoms. The summed E-state index contributed by atoms with van der Waals surface area (Å²) < 4.78 is 6.28. The molecule has 0 saturated heterocycles. The number of hydrogen-bond acceptors (Lipinski definition) is 3. The molecule has 0 unspecified atom stereocenters. The zero-order valence-corrected chi connectivity index (χ0v) is 8.09. The number of rotatable bonds is 2. The maximum Gasteiger partial charge on any atom is 0.420 e. The van der Waals surface area contributed by atoms with Gasteiger partial charge in [0.1, 0.15) is 12.9 Å². The average Bonchev–Trinajstić information content (AvgIpc) is 2.69. The zero-order valence-electron chi connectivity index (χ0n) is 8.09. The van der Waals surface area contributed by atoms with E-state index in [2.05, 4.69) is 11.6 Å². The third kappa shape index (κ3) is 1.74. The largest absolute Gasteiger partial charge is 0.445 e. The van der Waals surface area contributed by atoms with Crippen molar-refractivity contribution in [3.63, 3.8) is 0 Å².